The Morgan fingerprint density at radius 2 is 2.19 bits per heavy atom. The lowest BCUT2D eigenvalue weighted by molar-refractivity contribution is -0.141. The number of fused-ring (bicyclic) bond motifs is 3. The van der Waals surface area contributed by atoms with E-state index in [1.54, 1.807) is 12.3 Å². The summed E-state index contributed by atoms with van der Waals surface area (Å²) in [5, 5.41) is 3.65. The third kappa shape index (κ3) is 3.14. The molecule has 0 saturated carbocycles. The van der Waals surface area contributed by atoms with Crippen LogP contribution in [0.2, 0.25) is 5.02 Å². The monoisotopic (exact) mass is 377 g/mol. The van der Waals surface area contributed by atoms with Gasteiger partial charge in [-0.3, -0.25) is 0 Å². The Morgan fingerprint density at radius 3 is 2.85 bits per heavy atom. The molecule has 2 aromatic rings. The second-order valence-electron chi connectivity index (χ2n) is 7.20. The maximum atomic E-state index is 12.7. The van der Waals surface area contributed by atoms with E-state index in [4.69, 9.17) is 21.1 Å². The summed E-state index contributed by atoms with van der Waals surface area (Å²) in [5.74, 6) is -0.00268. The number of ether oxygens (including phenoxy) is 2. The molecule has 1 aliphatic heterocycles. The highest BCUT2D eigenvalue weighted by atomic mass is 35.5. The molecule has 1 unspecified atom stereocenters. The Kier molecular flexibility index (Phi) is 4.88. The van der Waals surface area contributed by atoms with E-state index in [2.05, 4.69) is 29.1 Å². The molecule has 6 nitrogen and oxygen atoms in total. The van der Waals surface area contributed by atoms with Gasteiger partial charge in [0.05, 0.1) is 35.5 Å². The van der Waals surface area contributed by atoms with Gasteiger partial charge >= 0.3 is 5.97 Å². The van der Waals surface area contributed by atoms with E-state index in [1.807, 2.05) is 13.8 Å². The highest BCUT2D eigenvalue weighted by molar-refractivity contribution is 6.32. The van der Waals surface area contributed by atoms with Crippen molar-refractivity contribution in [2.45, 2.75) is 45.6 Å². The Hall–Kier alpha value is -2.21. The van der Waals surface area contributed by atoms with Gasteiger partial charge in [-0.2, -0.15) is 0 Å². The van der Waals surface area contributed by atoms with Gasteiger partial charge in [0.2, 0.25) is 5.88 Å². The number of aromatic amines is 1. The van der Waals surface area contributed by atoms with Crippen LogP contribution in [0, 0.1) is 0 Å². The van der Waals surface area contributed by atoms with Gasteiger partial charge in [-0.1, -0.05) is 32.4 Å². The van der Waals surface area contributed by atoms with Gasteiger partial charge in [-0.05, 0) is 19.4 Å². The Labute approximate surface area is 157 Å². The minimum Gasteiger partial charge on any atom is -0.480 e. The molecule has 140 valence electrons. The number of hydrogen-bond donors (Lipinski definition) is 2. The lowest BCUT2D eigenvalue weighted by Crippen LogP contribution is -2.29. The second kappa shape index (κ2) is 6.83. The number of nitrogens with one attached hydrogen (secondary N) is 2. The SMILES string of the molecule is CCC(C)OC(=O)C1=CNCC(C)(C)c2c1[nH]c1cc(Cl)c(OC)nc21. The topological polar surface area (TPSA) is 76.2 Å². The predicted molar refractivity (Wildman–Crippen MR) is 103 cm³/mol. The quantitative estimate of drug-likeness (QED) is 0.793. The van der Waals surface area contributed by atoms with Crippen molar-refractivity contribution in [1.29, 1.82) is 0 Å². The van der Waals surface area contributed by atoms with E-state index in [9.17, 15) is 4.79 Å². The summed E-state index contributed by atoms with van der Waals surface area (Å²) in [7, 11) is 1.53. The zero-order valence-corrected chi connectivity index (χ0v) is 16.5. The zero-order chi connectivity index (χ0) is 19.1. The van der Waals surface area contributed by atoms with Gasteiger partial charge in [0.15, 0.2) is 0 Å². The molecular weight excluding hydrogens is 354 g/mol. The first kappa shape index (κ1) is 18.6. The van der Waals surface area contributed by atoms with E-state index < -0.39 is 0 Å². The molecule has 1 aliphatic rings. The number of H-pyrrole nitrogens is 1. The van der Waals surface area contributed by atoms with Gasteiger partial charge < -0.3 is 19.8 Å². The molecule has 0 amide bonds. The van der Waals surface area contributed by atoms with Gasteiger partial charge in [0, 0.05) is 23.7 Å². The van der Waals surface area contributed by atoms with Crippen molar-refractivity contribution in [3.63, 3.8) is 0 Å². The van der Waals surface area contributed by atoms with Crippen molar-refractivity contribution in [3.05, 3.63) is 28.5 Å². The molecular formula is C19H24ClN3O3. The van der Waals surface area contributed by atoms with Gasteiger partial charge in [-0.25, -0.2) is 9.78 Å². The molecule has 7 heteroatoms. The summed E-state index contributed by atoms with van der Waals surface area (Å²) in [6, 6.07) is 1.78. The maximum Gasteiger partial charge on any atom is 0.342 e. The molecule has 2 aromatic heterocycles. The summed E-state index contributed by atoms with van der Waals surface area (Å²) in [4.78, 5) is 20.6. The Morgan fingerprint density at radius 1 is 1.46 bits per heavy atom. The molecule has 0 aromatic carbocycles. The molecule has 3 heterocycles. The van der Waals surface area contributed by atoms with Crippen molar-refractivity contribution in [2.24, 2.45) is 0 Å². The van der Waals surface area contributed by atoms with Crippen molar-refractivity contribution < 1.29 is 14.3 Å². The fourth-order valence-electron chi connectivity index (χ4n) is 3.14. The maximum absolute atomic E-state index is 12.7. The number of methoxy groups -OCH3 is 1. The molecule has 3 rings (SSSR count). The van der Waals surface area contributed by atoms with Crippen LogP contribution in [-0.4, -0.2) is 35.7 Å². The molecule has 2 N–H and O–H groups in total. The lowest BCUT2D eigenvalue weighted by Gasteiger charge is -2.23. The number of carbonyl (C=O) groups is 1. The van der Waals surface area contributed by atoms with Crippen LogP contribution >= 0.6 is 11.6 Å². The van der Waals surface area contributed by atoms with Crippen LogP contribution in [0.15, 0.2) is 12.3 Å². The third-order valence-electron chi connectivity index (χ3n) is 4.72. The first-order valence-corrected chi connectivity index (χ1v) is 9.07. The first-order valence-electron chi connectivity index (χ1n) is 8.70. The van der Waals surface area contributed by atoms with Crippen molar-refractivity contribution in [1.82, 2.24) is 15.3 Å². The van der Waals surface area contributed by atoms with E-state index in [0.29, 0.717) is 28.7 Å². The Bertz CT molecular complexity index is 886. The van der Waals surface area contributed by atoms with Crippen LogP contribution in [0.5, 0.6) is 5.88 Å². The largest absolute Gasteiger partial charge is 0.480 e. The molecule has 0 bridgehead atoms. The average Bonchev–Trinajstić information content (AvgIpc) is 2.89. The zero-order valence-electron chi connectivity index (χ0n) is 15.7. The van der Waals surface area contributed by atoms with E-state index >= 15 is 0 Å². The molecule has 0 saturated heterocycles. The molecule has 0 aliphatic carbocycles. The van der Waals surface area contributed by atoms with Crippen molar-refractivity contribution >= 4 is 34.2 Å². The predicted octanol–water partition coefficient (Wildman–Crippen LogP) is 3.79. The molecule has 0 spiro atoms. The molecule has 1 atom stereocenters. The number of nitrogens with zero attached hydrogens (tertiary/aromatic N) is 1. The van der Waals surface area contributed by atoms with Crippen LogP contribution in [0.1, 0.15) is 45.4 Å². The normalized spacial score (nSPS) is 16.9. The standard InChI is InChI=1S/C19H24ClN3O3/c1-6-10(2)26-18(24)11-8-21-9-19(3,4)14-15(11)22-13-7-12(20)17(25-5)23-16(13)14/h7-8,10,21-22H,6,9H2,1-5H3. The van der Waals surface area contributed by atoms with Crippen LogP contribution < -0.4 is 10.1 Å². The molecule has 0 fully saturated rings. The number of esters is 1. The van der Waals surface area contributed by atoms with Crippen LogP contribution in [0.25, 0.3) is 16.6 Å². The number of aromatic nitrogens is 2. The second-order valence-corrected chi connectivity index (χ2v) is 7.60. The summed E-state index contributed by atoms with van der Waals surface area (Å²) in [6.07, 6.45) is 2.32. The minimum absolute atomic E-state index is 0.153. The van der Waals surface area contributed by atoms with E-state index in [0.717, 1.165) is 23.0 Å². The summed E-state index contributed by atoms with van der Waals surface area (Å²) >= 11 is 6.23. The fraction of sp³-hybridized carbons (Fsp3) is 0.474. The van der Waals surface area contributed by atoms with Gasteiger partial charge in [-0.15, -0.1) is 0 Å². The average molecular weight is 378 g/mol. The van der Waals surface area contributed by atoms with Crippen LogP contribution in [0.4, 0.5) is 0 Å². The van der Waals surface area contributed by atoms with E-state index in [1.165, 1.54) is 7.11 Å². The minimum atomic E-state index is -0.365. The van der Waals surface area contributed by atoms with Gasteiger partial charge in [0.25, 0.3) is 0 Å². The highest BCUT2D eigenvalue weighted by Gasteiger charge is 2.34. The summed E-state index contributed by atoms with van der Waals surface area (Å²) in [6.45, 7) is 8.72. The first-order chi connectivity index (χ1) is 12.3. The van der Waals surface area contributed by atoms with Crippen LogP contribution in [0.3, 0.4) is 0 Å². The lowest BCUT2D eigenvalue weighted by atomic mass is 9.83. The van der Waals surface area contributed by atoms with Crippen molar-refractivity contribution in [3.8, 4) is 5.88 Å². The molecule has 26 heavy (non-hydrogen) atoms. The number of rotatable bonds is 4. The van der Waals surface area contributed by atoms with Crippen LogP contribution in [-0.2, 0) is 14.9 Å². The summed E-state index contributed by atoms with van der Waals surface area (Å²) in [5.41, 5.74) is 3.35. The molecule has 0 radical (unpaired) electrons. The van der Waals surface area contributed by atoms with Crippen molar-refractivity contribution in [2.75, 3.05) is 13.7 Å². The number of pyridine rings is 1. The van der Waals surface area contributed by atoms with E-state index in [-0.39, 0.29) is 17.5 Å². The fourth-order valence-corrected chi connectivity index (χ4v) is 3.37. The van der Waals surface area contributed by atoms with Gasteiger partial charge in [0.1, 0.15) is 5.02 Å². The summed E-state index contributed by atoms with van der Waals surface area (Å²) < 4.78 is 10.8. The highest BCUT2D eigenvalue weighted by Crippen LogP contribution is 2.39. The number of carbonyl (C=O) groups excluding carboxylic acids is 1. The smallest absolute Gasteiger partial charge is 0.342 e. The number of halogens is 1. The number of hydrogen-bond acceptors (Lipinski definition) is 5. The third-order valence-corrected chi connectivity index (χ3v) is 4.99. The Balaban J connectivity index is 2.20.